The van der Waals surface area contributed by atoms with Crippen molar-refractivity contribution in [1.82, 2.24) is 5.43 Å². The van der Waals surface area contributed by atoms with E-state index in [9.17, 15) is 14.0 Å². The Morgan fingerprint density at radius 3 is 2.59 bits per heavy atom. The van der Waals surface area contributed by atoms with Crippen molar-refractivity contribution in [3.05, 3.63) is 59.4 Å². The lowest BCUT2D eigenvalue weighted by Crippen LogP contribution is -2.25. The van der Waals surface area contributed by atoms with Gasteiger partial charge in [-0.1, -0.05) is 12.1 Å². The third kappa shape index (κ3) is 5.81. The largest absolute Gasteiger partial charge is 0.496 e. The Morgan fingerprint density at radius 2 is 1.93 bits per heavy atom. The Morgan fingerprint density at radius 1 is 1.19 bits per heavy atom. The van der Waals surface area contributed by atoms with Gasteiger partial charge in [0.05, 0.1) is 19.2 Å². The van der Waals surface area contributed by atoms with Gasteiger partial charge in [0, 0.05) is 5.56 Å². The molecule has 0 saturated heterocycles. The molecule has 8 heteroatoms. The third-order valence-corrected chi connectivity index (χ3v) is 3.58. The molecular weight excluding hydrogens is 355 g/mol. The van der Waals surface area contributed by atoms with Gasteiger partial charge in [0.2, 0.25) is 0 Å². The highest BCUT2D eigenvalue weighted by atomic mass is 19.1. The summed E-state index contributed by atoms with van der Waals surface area (Å²) in [5, 5.41) is 12.9. The van der Waals surface area contributed by atoms with Gasteiger partial charge in [-0.05, 0) is 42.8 Å². The Kier molecular flexibility index (Phi) is 6.87. The minimum atomic E-state index is -0.987. The van der Waals surface area contributed by atoms with Crippen LogP contribution in [0.5, 0.6) is 11.5 Å². The van der Waals surface area contributed by atoms with E-state index in [1.54, 1.807) is 31.2 Å². The van der Waals surface area contributed by atoms with Crippen LogP contribution in [-0.2, 0) is 16.0 Å². The van der Waals surface area contributed by atoms with Gasteiger partial charge in [0.25, 0.3) is 5.91 Å². The fraction of sp³-hybridized carbons (Fsp3) is 0.211. The lowest BCUT2D eigenvalue weighted by atomic mass is 10.0. The van der Waals surface area contributed by atoms with Gasteiger partial charge in [-0.25, -0.2) is 9.82 Å². The molecule has 0 saturated carbocycles. The molecule has 2 N–H and O–H groups in total. The van der Waals surface area contributed by atoms with Crippen molar-refractivity contribution in [1.29, 1.82) is 0 Å². The fourth-order valence-electron chi connectivity index (χ4n) is 2.25. The maximum atomic E-state index is 13.4. The van der Waals surface area contributed by atoms with Gasteiger partial charge in [-0.3, -0.25) is 9.59 Å². The van der Waals surface area contributed by atoms with E-state index in [2.05, 4.69) is 10.5 Å². The van der Waals surface area contributed by atoms with Crippen LogP contribution in [0.15, 0.2) is 47.6 Å². The van der Waals surface area contributed by atoms with E-state index in [-0.39, 0.29) is 12.2 Å². The third-order valence-electron chi connectivity index (χ3n) is 3.58. The molecule has 0 aromatic heterocycles. The number of halogens is 1. The predicted molar refractivity (Wildman–Crippen MR) is 96.6 cm³/mol. The maximum absolute atomic E-state index is 13.4. The van der Waals surface area contributed by atoms with E-state index in [1.165, 1.54) is 25.3 Å². The van der Waals surface area contributed by atoms with E-state index < -0.39 is 24.3 Å². The number of carboxylic acid groups (broad SMARTS) is 1. The van der Waals surface area contributed by atoms with Crippen LogP contribution in [0.2, 0.25) is 0 Å². The first-order valence-corrected chi connectivity index (χ1v) is 8.00. The molecular formula is C19H19FN2O5. The van der Waals surface area contributed by atoms with Crippen molar-refractivity contribution >= 4 is 17.6 Å². The van der Waals surface area contributed by atoms with Crippen LogP contribution in [0.1, 0.15) is 18.1 Å². The van der Waals surface area contributed by atoms with Crippen LogP contribution in [-0.4, -0.2) is 36.4 Å². The Balaban J connectivity index is 2.01. The van der Waals surface area contributed by atoms with Crippen molar-refractivity contribution < 1.29 is 28.6 Å². The number of hydrogen-bond acceptors (Lipinski definition) is 5. The van der Waals surface area contributed by atoms with E-state index in [4.69, 9.17) is 14.6 Å². The predicted octanol–water partition coefficient (Wildman–Crippen LogP) is 2.38. The molecule has 7 nitrogen and oxygen atoms in total. The molecule has 0 radical (unpaired) electrons. The summed E-state index contributed by atoms with van der Waals surface area (Å²) in [6, 6.07) is 10.7. The van der Waals surface area contributed by atoms with Crippen molar-refractivity contribution in [2.45, 2.75) is 13.3 Å². The molecule has 1 amide bonds. The highest BCUT2D eigenvalue weighted by Gasteiger charge is 2.11. The SMILES string of the molecule is COc1ccc(/C(C)=N\NC(=O)COc2ccccc2F)cc1CC(=O)O. The van der Waals surface area contributed by atoms with Gasteiger partial charge in [0.1, 0.15) is 5.75 Å². The first-order chi connectivity index (χ1) is 12.9. The number of hydrogen-bond donors (Lipinski definition) is 2. The van der Waals surface area contributed by atoms with Crippen LogP contribution < -0.4 is 14.9 Å². The normalized spacial score (nSPS) is 11.0. The zero-order valence-corrected chi connectivity index (χ0v) is 14.9. The maximum Gasteiger partial charge on any atom is 0.307 e. The quantitative estimate of drug-likeness (QED) is 0.546. The topological polar surface area (TPSA) is 97.2 Å². The van der Waals surface area contributed by atoms with E-state index in [0.29, 0.717) is 22.6 Å². The lowest BCUT2D eigenvalue weighted by molar-refractivity contribution is -0.136. The molecule has 142 valence electrons. The van der Waals surface area contributed by atoms with Gasteiger partial charge in [-0.15, -0.1) is 0 Å². The van der Waals surface area contributed by atoms with Crippen LogP contribution in [0.3, 0.4) is 0 Å². The molecule has 2 aromatic rings. The number of rotatable bonds is 8. The molecule has 27 heavy (non-hydrogen) atoms. The minimum Gasteiger partial charge on any atom is -0.496 e. The number of amides is 1. The van der Waals surface area contributed by atoms with Crippen LogP contribution in [0.25, 0.3) is 0 Å². The standard InChI is InChI=1S/C19H19FN2O5/c1-12(13-7-8-16(26-2)14(9-13)10-19(24)25)21-22-18(23)11-27-17-6-4-3-5-15(17)20/h3-9H,10-11H2,1-2H3,(H,22,23)(H,24,25)/b21-12-. The molecule has 0 bridgehead atoms. The monoisotopic (exact) mass is 374 g/mol. The van der Waals surface area contributed by atoms with Gasteiger partial charge < -0.3 is 14.6 Å². The summed E-state index contributed by atoms with van der Waals surface area (Å²) in [6.45, 7) is 1.26. The van der Waals surface area contributed by atoms with Crippen LogP contribution in [0.4, 0.5) is 4.39 Å². The Labute approximate surface area is 155 Å². The number of carboxylic acids is 1. The molecule has 0 heterocycles. The first kappa shape index (κ1) is 19.9. The highest BCUT2D eigenvalue weighted by molar-refractivity contribution is 5.99. The second-order valence-electron chi connectivity index (χ2n) is 5.55. The molecule has 0 aliphatic rings. The van der Waals surface area contributed by atoms with Gasteiger partial charge in [0.15, 0.2) is 18.2 Å². The van der Waals surface area contributed by atoms with E-state index in [1.807, 2.05) is 0 Å². The number of nitrogens with one attached hydrogen (secondary N) is 1. The number of carbonyl (C=O) groups is 2. The summed E-state index contributed by atoms with van der Waals surface area (Å²) in [5.74, 6) is -1.68. The van der Waals surface area contributed by atoms with Crippen LogP contribution >= 0.6 is 0 Å². The summed E-state index contributed by atoms with van der Waals surface area (Å²) >= 11 is 0. The number of hydrazone groups is 1. The number of methoxy groups -OCH3 is 1. The van der Waals surface area contributed by atoms with Gasteiger partial charge >= 0.3 is 5.97 Å². The van der Waals surface area contributed by atoms with Crippen LogP contribution in [0, 0.1) is 5.82 Å². The number of para-hydroxylation sites is 1. The minimum absolute atomic E-state index is 0.0261. The zero-order valence-electron chi connectivity index (χ0n) is 14.9. The molecule has 0 aliphatic heterocycles. The number of nitrogens with zero attached hydrogens (tertiary/aromatic N) is 1. The van der Waals surface area contributed by atoms with E-state index in [0.717, 1.165) is 0 Å². The smallest absolute Gasteiger partial charge is 0.307 e. The molecule has 0 atom stereocenters. The number of ether oxygens (including phenoxy) is 2. The number of carbonyl (C=O) groups excluding carboxylic acids is 1. The molecule has 0 fully saturated rings. The average molecular weight is 374 g/mol. The molecule has 0 spiro atoms. The molecule has 0 unspecified atom stereocenters. The lowest BCUT2D eigenvalue weighted by Gasteiger charge is -2.10. The van der Waals surface area contributed by atoms with Crippen molar-refractivity contribution in [2.75, 3.05) is 13.7 Å². The number of benzene rings is 2. The molecule has 0 aliphatic carbocycles. The molecule has 2 aromatic carbocycles. The Hall–Kier alpha value is -3.42. The number of aliphatic carboxylic acids is 1. The van der Waals surface area contributed by atoms with Crippen molar-refractivity contribution in [3.8, 4) is 11.5 Å². The summed E-state index contributed by atoms with van der Waals surface area (Å²) in [7, 11) is 1.46. The second kappa shape index (κ2) is 9.33. The fourth-order valence-corrected chi connectivity index (χ4v) is 2.25. The summed E-state index contributed by atoms with van der Waals surface area (Å²) in [6.07, 6.45) is -0.201. The van der Waals surface area contributed by atoms with E-state index >= 15 is 0 Å². The van der Waals surface area contributed by atoms with Crippen molar-refractivity contribution in [2.24, 2.45) is 5.10 Å². The molecule has 2 rings (SSSR count). The highest BCUT2D eigenvalue weighted by Crippen LogP contribution is 2.21. The Bertz CT molecular complexity index is 867. The average Bonchev–Trinajstić information content (AvgIpc) is 2.65. The zero-order chi connectivity index (χ0) is 19.8. The summed E-state index contributed by atoms with van der Waals surface area (Å²) < 4.78 is 23.7. The summed E-state index contributed by atoms with van der Waals surface area (Å²) in [5.41, 5.74) is 3.89. The van der Waals surface area contributed by atoms with Gasteiger partial charge in [-0.2, -0.15) is 5.10 Å². The first-order valence-electron chi connectivity index (χ1n) is 8.00. The second-order valence-corrected chi connectivity index (χ2v) is 5.55. The van der Waals surface area contributed by atoms with Crippen molar-refractivity contribution in [3.63, 3.8) is 0 Å². The summed E-state index contributed by atoms with van der Waals surface area (Å²) in [4.78, 5) is 22.8.